The second kappa shape index (κ2) is 6.82. The van der Waals surface area contributed by atoms with Crippen molar-refractivity contribution in [2.75, 3.05) is 6.79 Å². The van der Waals surface area contributed by atoms with Gasteiger partial charge >= 0.3 is 0 Å². The van der Waals surface area contributed by atoms with E-state index >= 15 is 0 Å². The Labute approximate surface area is 185 Å². The zero-order valence-electron chi connectivity index (χ0n) is 17.0. The van der Waals surface area contributed by atoms with Crippen LogP contribution in [0.4, 0.5) is 0 Å². The Kier molecular flexibility index (Phi) is 3.68. The number of hydrogen-bond donors (Lipinski definition) is 2. The zero-order chi connectivity index (χ0) is 21.8. The summed E-state index contributed by atoms with van der Waals surface area (Å²) in [6.07, 6.45) is 8.48. The first-order valence-corrected chi connectivity index (χ1v) is 10.2. The van der Waals surface area contributed by atoms with Crippen molar-refractivity contribution in [3.8, 4) is 45.4 Å². The highest BCUT2D eigenvalue weighted by atomic mass is 16.7. The molecule has 33 heavy (non-hydrogen) atoms. The van der Waals surface area contributed by atoms with E-state index in [9.17, 15) is 0 Å². The van der Waals surface area contributed by atoms with Crippen LogP contribution in [-0.2, 0) is 0 Å². The van der Waals surface area contributed by atoms with E-state index < -0.39 is 0 Å². The first kappa shape index (κ1) is 17.8. The smallest absolute Gasteiger partial charge is 0.231 e. The maximum atomic E-state index is 5.53. The minimum Gasteiger partial charge on any atom is -0.454 e. The van der Waals surface area contributed by atoms with Crippen LogP contribution in [0.15, 0.2) is 61.4 Å². The van der Waals surface area contributed by atoms with Crippen LogP contribution in [0.25, 0.3) is 56.0 Å². The molecular weight excluding hydrogens is 420 g/mol. The zero-order valence-corrected chi connectivity index (χ0v) is 17.0. The van der Waals surface area contributed by atoms with E-state index in [1.807, 2.05) is 30.3 Å². The van der Waals surface area contributed by atoms with Gasteiger partial charge in [-0.2, -0.15) is 5.10 Å². The largest absolute Gasteiger partial charge is 0.454 e. The van der Waals surface area contributed by atoms with Crippen LogP contribution in [0.2, 0.25) is 0 Å². The van der Waals surface area contributed by atoms with Gasteiger partial charge in [0.15, 0.2) is 23.0 Å². The van der Waals surface area contributed by atoms with Gasteiger partial charge in [-0.1, -0.05) is 6.07 Å². The number of aromatic nitrogens is 8. The van der Waals surface area contributed by atoms with Crippen LogP contribution >= 0.6 is 0 Å². The Morgan fingerprint density at radius 1 is 0.758 bits per heavy atom. The van der Waals surface area contributed by atoms with Crippen molar-refractivity contribution in [1.82, 2.24) is 40.1 Å². The molecule has 10 heteroatoms. The maximum Gasteiger partial charge on any atom is 0.231 e. The van der Waals surface area contributed by atoms with E-state index in [1.165, 1.54) is 6.33 Å². The molecule has 0 aliphatic carbocycles. The van der Waals surface area contributed by atoms with E-state index in [2.05, 4.69) is 30.1 Å². The molecule has 1 aliphatic rings. The molecule has 5 aromatic heterocycles. The Hall–Kier alpha value is -4.86. The third kappa shape index (κ3) is 2.81. The number of H-pyrrole nitrogens is 2. The molecule has 0 unspecified atom stereocenters. The number of fused-ring (bicyclic) bond motifs is 3. The average molecular weight is 434 g/mol. The average Bonchev–Trinajstić information content (AvgIpc) is 3.60. The Bertz CT molecular complexity index is 1660. The summed E-state index contributed by atoms with van der Waals surface area (Å²) in [4.78, 5) is 25.5. The monoisotopic (exact) mass is 434 g/mol. The van der Waals surface area contributed by atoms with Gasteiger partial charge < -0.3 is 14.5 Å². The van der Waals surface area contributed by atoms with Crippen LogP contribution in [0, 0.1) is 0 Å². The Balaban J connectivity index is 1.37. The summed E-state index contributed by atoms with van der Waals surface area (Å²) >= 11 is 0. The fraction of sp³-hybridized carbons (Fsp3) is 0.0435. The number of aromatic amines is 2. The third-order valence-electron chi connectivity index (χ3n) is 5.57. The van der Waals surface area contributed by atoms with Crippen LogP contribution in [0.1, 0.15) is 0 Å². The maximum absolute atomic E-state index is 5.53. The highest BCUT2D eigenvalue weighted by molar-refractivity contribution is 5.96. The summed E-state index contributed by atoms with van der Waals surface area (Å²) in [7, 11) is 0. The van der Waals surface area contributed by atoms with Crippen molar-refractivity contribution in [1.29, 1.82) is 0 Å². The van der Waals surface area contributed by atoms with E-state index in [0.717, 1.165) is 44.7 Å². The molecular formula is C23H14N8O2. The molecule has 0 saturated heterocycles. The van der Waals surface area contributed by atoms with Gasteiger partial charge in [-0.25, -0.2) is 19.9 Å². The summed E-state index contributed by atoms with van der Waals surface area (Å²) in [5.74, 6) is 2.04. The molecule has 6 heterocycles. The van der Waals surface area contributed by atoms with Crippen molar-refractivity contribution >= 4 is 22.1 Å². The second-order valence-electron chi connectivity index (χ2n) is 7.53. The van der Waals surface area contributed by atoms with Gasteiger partial charge in [0, 0.05) is 29.7 Å². The number of nitrogens with one attached hydrogen (secondary N) is 2. The summed E-state index contributed by atoms with van der Waals surface area (Å²) in [6, 6.07) is 9.64. The molecule has 0 saturated carbocycles. The molecule has 1 aromatic carbocycles. The fourth-order valence-corrected chi connectivity index (χ4v) is 3.98. The van der Waals surface area contributed by atoms with Gasteiger partial charge in [0.25, 0.3) is 0 Å². The molecule has 1 aliphatic heterocycles. The normalized spacial score (nSPS) is 12.6. The lowest BCUT2D eigenvalue weighted by Crippen LogP contribution is -1.92. The molecule has 7 rings (SSSR count). The minimum absolute atomic E-state index is 0.226. The Morgan fingerprint density at radius 3 is 2.61 bits per heavy atom. The van der Waals surface area contributed by atoms with Crippen LogP contribution in [0.5, 0.6) is 11.5 Å². The van der Waals surface area contributed by atoms with Crippen LogP contribution in [0.3, 0.4) is 0 Å². The van der Waals surface area contributed by atoms with Gasteiger partial charge in [0.2, 0.25) is 6.79 Å². The van der Waals surface area contributed by atoms with Gasteiger partial charge in [-0.15, -0.1) is 0 Å². The van der Waals surface area contributed by atoms with E-state index in [1.54, 1.807) is 24.8 Å². The number of ether oxygens (including phenoxy) is 2. The molecule has 6 aromatic rings. The molecule has 0 atom stereocenters. The van der Waals surface area contributed by atoms with Crippen LogP contribution in [-0.4, -0.2) is 46.9 Å². The van der Waals surface area contributed by atoms with Crippen molar-refractivity contribution in [3.05, 3.63) is 61.4 Å². The standard InChI is InChI=1S/C23H14N8O2/c1-4-18-19(33-11-32-18)5-12(1)14-8-24-9-17-20(14)29-23(28-17)22-21-16(30-31-22)3-2-15(27-21)13-6-25-10-26-7-13/h1-10H,11H2,(H,28,29)(H,30,31). The first-order chi connectivity index (χ1) is 16.3. The van der Waals surface area contributed by atoms with Crippen LogP contribution < -0.4 is 9.47 Å². The molecule has 10 nitrogen and oxygen atoms in total. The topological polar surface area (TPSA) is 127 Å². The second-order valence-corrected chi connectivity index (χ2v) is 7.53. The molecule has 0 bridgehead atoms. The predicted molar refractivity (Wildman–Crippen MR) is 119 cm³/mol. The molecule has 0 spiro atoms. The number of nitrogens with zero attached hydrogens (tertiary/aromatic N) is 6. The highest BCUT2D eigenvalue weighted by Crippen LogP contribution is 2.38. The molecule has 158 valence electrons. The fourth-order valence-electron chi connectivity index (χ4n) is 3.98. The van der Waals surface area contributed by atoms with E-state index in [4.69, 9.17) is 19.4 Å². The number of pyridine rings is 2. The predicted octanol–water partition coefficient (Wildman–Crippen LogP) is 3.75. The number of imidazole rings is 1. The van der Waals surface area contributed by atoms with Crippen molar-refractivity contribution in [2.45, 2.75) is 0 Å². The lowest BCUT2D eigenvalue weighted by molar-refractivity contribution is 0.174. The number of rotatable bonds is 3. The summed E-state index contributed by atoms with van der Waals surface area (Å²) in [5, 5.41) is 7.51. The number of benzene rings is 1. The summed E-state index contributed by atoms with van der Waals surface area (Å²) in [5.41, 5.74) is 7.10. The molecule has 0 amide bonds. The lowest BCUT2D eigenvalue weighted by Gasteiger charge is -2.03. The number of hydrogen-bond acceptors (Lipinski definition) is 8. The summed E-state index contributed by atoms with van der Waals surface area (Å²) in [6.45, 7) is 0.226. The van der Waals surface area contributed by atoms with E-state index in [-0.39, 0.29) is 6.79 Å². The quantitative estimate of drug-likeness (QED) is 0.431. The van der Waals surface area contributed by atoms with Gasteiger partial charge in [0.1, 0.15) is 11.8 Å². The van der Waals surface area contributed by atoms with Crippen molar-refractivity contribution < 1.29 is 9.47 Å². The van der Waals surface area contributed by atoms with Crippen molar-refractivity contribution in [2.24, 2.45) is 0 Å². The van der Waals surface area contributed by atoms with Crippen molar-refractivity contribution in [3.63, 3.8) is 0 Å². The SMILES string of the molecule is c1ncc(-c2ccc3[nH]nc(-c4nc5c(-c6ccc7c(c6)OCO7)cncc5[nH]4)c3n2)cn1. The first-order valence-electron chi connectivity index (χ1n) is 10.2. The summed E-state index contributed by atoms with van der Waals surface area (Å²) < 4.78 is 11.0. The van der Waals surface area contributed by atoms with Gasteiger partial charge in [0.05, 0.1) is 28.4 Å². The molecule has 0 radical (unpaired) electrons. The lowest BCUT2D eigenvalue weighted by atomic mass is 10.1. The van der Waals surface area contributed by atoms with Gasteiger partial charge in [-0.3, -0.25) is 10.1 Å². The Morgan fingerprint density at radius 2 is 1.67 bits per heavy atom. The van der Waals surface area contributed by atoms with E-state index in [0.29, 0.717) is 22.8 Å². The minimum atomic E-state index is 0.226. The molecule has 0 fully saturated rings. The highest BCUT2D eigenvalue weighted by Gasteiger charge is 2.19. The molecule has 2 N–H and O–H groups in total. The third-order valence-corrected chi connectivity index (χ3v) is 5.57. The van der Waals surface area contributed by atoms with Gasteiger partial charge in [-0.05, 0) is 29.8 Å².